The van der Waals surface area contributed by atoms with Gasteiger partial charge in [-0.15, -0.1) is 11.3 Å². The molecule has 1 aromatic carbocycles. The minimum atomic E-state index is -3.69. The van der Waals surface area contributed by atoms with Gasteiger partial charge in [0.25, 0.3) is 0 Å². The van der Waals surface area contributed by atoms with Crippen molar-refractivity contribution in [1.82, 2.24) is 9.29 Å². The molecule has 0 fully saturated rings. The van der Waals surface area contributed by atoms with Crippen LogP contribution in [0.3, 0.4) is 0 Å². The summed E-state index contributed by atoms with van der Waals surface area (Å²) in [6, 6.07) is 4.50. The average Bonchev–Trinajstić information content (AvgIpc) is 2.91. The van der Waals surface area contributed by atoms with Crippen LogP contribution in [0.5, 0.6) is 5.75 Å². The molecular formula is C12H13ClN2O3S2. The summed E-state index contributed by atoms with van der Waals surface area (Å²) in [6.45, 7) is 0.204. The number of aromatic nitrogens is 1. The number of methoxy groups -OCH3 is 1. The first-order chi connectivity index (χ1) is 9.45. The zero-order valence-corrected chi connectivity index (χ0v) is 13.3. The van der Waals surface area contributed by atoms with Gasteiger partial charge in [-0.25, -0.2) is 13.4 Å². The predicted molar refractivity (Wildman–Crippen MR) is 78.8 cm³/mol. The van der Waals surface area contributed by atoms with Gasteiger partial charge in [-0.2, -0.15) is 4.31 Å². The summed E-state index contributed by atoms with van der Waals surface area (Å²) >= 11 is 7.28. The molecule has 0 unspecified atom stereocenters. The van der Waals surface area contributed by atoms with Crippen LogP contribution in [0.4, 0.5) is 0 Å². The van der Waals surface area contributed by atoms with Crippen molar-refractivity contribution < 1.29 is 13.2 Å². The van der Waals surface area contributed by atoms with Crippen molar-refractivity contribution in [1.29, 1.82) is 0 Å². The molecule has 0 aliphatic carbocycles. The highest BCUT2D eigenvalue weighted by Gasteiger charge is 2.25. The molecule has 0 aliphatic heterocycles. The molecule has 0 bridgehead atoms. The van der Waals surface area contributed by atoms with Gasteiger partial charge in [0.15, 0.2) is 0 Å². The highest BCUT2D eigenvalue weighted by Crippen LogP contribution is 2.29. The number of rotatable bonds is 5. The smallest absolute Gasteiger partial charge is 0.246 e. The Labute approximate surface area is 126 Å². The molecular weight excluding hydrogens is 320 g/mol. The number of thiazole rings is 1. The highest BCUT2D eigenvalue weighted by atomic mass is 35.5. The van der Waals surface area contributed by atoms with E-state index in [0.29, 0.717) is 5.02 Å². The zero-order valence-electron chi connectivity index (χ0n) is 10.9. The lowest BCUT2D eigenvalue weighted by Gasteiger charge is -2.18. The van der Waals surface area contributed by atoms with Crippen molar-refractivity contribution in [3.05, 3.63) is 39.8 Å². The number of benzene rings is 1. The summed E-state index contributed by atoms with van der Waals surface area (Å²) in [5.41, 5.74) is 0. The molecule has 20 heavy (non-hydrogen) atoms. The van der Waals surface area contributed by atoms with Crippen LogP contribution >= 0.6 is 22.9 Å². The SMILES string of the molecule is COc1ccc(Cl)cc1S(=O)(=O)N(C)Cc1nccs1. The van der Waals surface area contributed by atoms with Crippen LogP contribution in [0.25, 0.3) is 0 Å². The minimum Gasteiger partial charge on any atom is -0.495 e. The Balaban J connectivity index is 2.36. The van der Waals surface area contributed by atoms with E-state index in [0.717, 1.165) is 5.01 Å². The topological polar surface area (TPSA) is 59.5 Å². The maximum Gasteiger partial charge on any atom is 0.246 e. The predicted octanol–water partition coefficient (Wildman–Crippen LogP) is 2.63. The van der Waals surface area contributed by atoms with Crippen molar-refractivity contribution in [3.63, 3.8) is 0 Å². The molecule has 8 heteroatoms. The first-order valence-electron chi connectivity index (χ1n) is 5.63. The number of hydrogen-bond donors (Lipinski definition) is 0. The van der Waals surface area contributed by atoms with E-state index in [1.807, 2.05) is 0 Å². The van der Waals surface area contributed by atoms with Gasteiger partial charge < -0.3 is 4.74 Å². The van der Waals surface area contributed by atoms with Gasteiger partial charge in [0.2, 0.25) is 10.0 Å². The molecule has 2 aromatic rings. The second-order valence-electron chi connectivity index (χ2n) is 3.98. The van der Waals surface area contributed by atoms with Crippen molar-refractivity contribution >= 4 is 33.0 Å². The maximum atomic E-state index is 12.6. The first-order valence-corrected chi connectivity index (χ1v) is 8.33. The van der Waals surface area contributed by atoms with Crippen LogP contribution in [-0.4, -0.2) is 31.9 Å². The fraction of sp³-hybridized carbons (Fsp3) is 0.250. The van der Waals surface area contributed by atoms with Gasteiger partial charge in [-0.05, 0) is 18.2 Å². The van der Waals surface area contributed by atoms with Crippen LogP contribution in [-0.2, 0) is 16.6 Å². The molecule has 5 nitrogen and oxygen atoms in total. The summed E-state index contributed by atoms with van der Waals surface area (Å²) in [4.78, 5) is 4.13. The Morgan fingerprint density at radius 3 is 2.80 bits per heavy atom. The normalized spacial score (nSPS) is 11.8. The van der Waals surface area contributed by atoms with E-state index in [1.54, 1.807) is 17.6 Å². The van der Waals surface area contributed by atoms with E-state index in [4.69, 9.17) is 16.3 Å². The second kappa shape index (κ2) is 6.09. The number of nitrogens with zero attached hydrogens (tertiary/aromatic N) is 2. The van der Waals surface area contributed by atoms with Crippen LogP contribution in [0, 0.1) is 0 Å². The Bertz CT molecular complexity index is 687. The molecule has 2 rings (SSSR count). The van der Waals surface area contributed by atoms with Gasteiger partial charge in [0.05, 0.1) is 13.7 Å². The summed E-state index contributed by atoms with van der Waals surface area (Å²) in [5, 5.41) is 2.86. The monoisotopic (exact) mass is 332 g/mol. The number of ether oxygens (including phenoxy) is 1. The van der Waals surface area contributed by atoms with Crippen molar-refractivity contribution in [2.24, 2.45) is 0 Å². The third-order valence-electron chi connectivity index (χ3n) is 2.66. The van der Waals surface area contributed by atoms with Crippen LogP contribution < -0.4 is 4.74 Å². The molecule has 0 atom stereocenters. The summed E-state index contributed by atoms with van der Waals surface area (Å²) < 4.78 is 31.4. The van der Waals surface area contributed by atoms with E-state index >= 15 is 0 Å². The summed E-state index contributed by atoms with van der Waals surface area (Å²) in [6.07, 6.45) is 1.64. The lowest BCUT2D eigenvalue weighted by atomic mass is 10.3. The molecule has 0 saturated carbocycles. The van der Waals surface area contributed by atoms with Crippen molar-refractivity contribution in [2.45, 2.75) is 11.4 Å². The van der Waals surface area contributed by atoms with Crippen molar-refractivity contribution in [2.75, 3.05) is 14.2 Å². The molecule has 108 valence electrons. The largest absolute Gasteiger partial charge is 0.495 e. The second-order valence-corrected chi connectivity index (χ2v) is 7.41. The first kappa shape index (κ1) is 15.2. The van der Waals surface area contributed by atoms with Crippen LogP contribution in [0.2, 0.25) is 5.02 Å². The fourth-order valence-electron chi connectivity index (χ4n) is 1.63. The molecule has 0 saturated heterocycles. The van der Waals surface area contributed by atoms with Gasteiger partial charge in [0, 0.05) is 23.6 Å². The number of halogens is 1. The zero-order chi connectivity index (χ0) is 14.8. The fourth-order valence-corrected chi connectivity index (χ4v) is 3.92. The van der Waals surface area contributed by atoms with Gasteiger partial charge >= 0.3 is 0 Å². The maximum absolute atomic E-state index is 12.6. The van der Waals surface area contributed by atoms with Crippen LogP contribution in [0.1, 0.15) is 5.01 Å². The lowest BCUT2D eigenvalue weighted by Crippen LogP contribution is -2.26. The van der Waals surface area contributed by atoms with E-state index in [-0.39, 0.29) is 17.2 Å². The van der Waals surface area contributed by atoms with E-state index < -0.39 is 10.0 Å². The number of hydrogen-bond acceptors (Lipinski definition) is 5. The quantitative estimate of drug-likeness (QED) is 0.844. The third-order valence-corrected chi connectivity index (χ3v) is 5.48. The molecule has 0 aliphatic rings. The molecule has 0 radical (unpaired) electrons. The Kier molecular flexibility index (Phi) is 4.64. The standard InChI is InChI=1S/C12H13ClN2O3S2/c1-15(8-12-14-5-6-19-12)20(16,17)11-7-9(13)3-4-10(11)18-2/h3-7H,8H2,1-2H3. The van der Waals surface area contributed by atoms with E-state index in [9.17, 15) is 8.42 Å². The van der Waals surface area contributed by atoms with Crippen molar-refractivity contribution in [3.8, 4) is 5.75 Å². The third kappa shape index (κ3) is 3.12. The minimum absolute atomic E-state index is 0.0477. The molecule has 0 amide bonds. The number of sulfonamides is 1. The summed E-state index contributed by atoms with van der Waals surface area (Å²) in [5.74, 6) is 0.264. The molecule has 1 aromatic heterocycles. The lowest BCUT2D eigenvalue weighted by molar-refractivity contribution is 0.397. The van der Waals surface area contributed by atoms with E-state index in [2.05, 4.69) is 4.98 Å². The Morgan fingerprint density at radius 2 is 2.20 bits per heavy atom. The molecule has 0 N–H and O–H groups in total. The Hall–Kier alpha value is -1.15. The molecule has 1 heterocycles. The average molecular weight is 333 g/mol. The van der Waals surface area contributed by atoms with Gasteiger partial charge in [-0.1, -0.05) is 11.6 Å². The molecule has 0 spiro atoms. The van der Waals surface area contributed by atoms with Crippen LogP contribution in [0.15, 0.2) is 34.7 Å². The van der Waals surface area contributed by atoms with E-state index in [1.165, 1.54) is 41.9 Å². The van der Waals surface area contributed by atoms with Gasteiger partial charge in [0.1, 0.15) is 15.7 Å². The highest BCUT2D eigenvalue weighted by molar-refractivity contribution is 7.89. The summed E-state index contributed by atoms with van der Waals surface area (Å²) in [7, 11) is -0.773. The Morgan fingerprint density at radius 1 is 1.45 bits per heavy atom. The van der Waals surface area contributed by atoms with Gasteiger partial charge in [-0.3, -0.25) is 0 Å².